The average Bonchev–Trinajstić information content (AvgIpc) is 2.84. The fraction of sp³-hybridized carbons (Fsp3) is 0.267. The fourth-order valence-electron chi connectivity index (χ4n) is 2.10. The van der Waals surface area contributed by atoms with Crippen molar-refractivity contribution in [1.29, 1.82) is 0 Å². The third-order valence-electron chi connectivity index (χ3n) is 3.20. The molecule has 0 aliphatic heterocycles. The Labute approximate surface area is 112 Å². The monoisotopic (exact) mass is 258 g/mol. The number of nitrogens with zero attached hydrogens (tertiary/aromatic N) is 1. The number of hydrogen-bond acceptors (Lipinski definition) is 2. The van der Waals surface area contributed by atoms with Gasteiger partial charge in [-0.3, -0.25) is 0 Å². The molecular weight excluding hydrogens is 240 g/mol. The van der Waals surface area contributed by atoms with Crippen LogP contribution in [0.5, 0.6) is 0 Å². The van der Waals surface area contributed by atoms with Gasteiger partial charge in [-0.2, -0.15) is 0 Å². The van der Waals surface area contributed by atoms with E-state index in [-0.39, 0.29) is 0 Å². The number of anilines is 1. The molecule has 100 valence electrons. The van der Waals surface area contributed by atoms with Crippen LogP contribution in [0.15, 0.2) is 36.5 Å². The molecule has 2 aromatic rings. The number of aromatic carboxylic acids is 1. The van der Waals surface area contributed by atoms with Gasteiger partial charge in [-0.1, -0.05) is 0 Å². The van der Waals surface area contributed by atoms with E-state index in [9.17, 15) is 4.79 Å². The predicted molar refractivity (Wildman–Crippen MR) is 75.6 cm³/mol. The van der Waals surface area contributed by atoms with Gasteiger partial charge >= 0.3 is 5.97 Å². The van der Waals surface area contributed by atoms with Crippen molar-refractivity contribution in [2.75, 3.05) is 5.32 Å². The molecule has 1 aromatic carbocycles. The average molecular weight is 258 g/mol. The Morgan fingerprint density at radius 1 is 1.37 bits per heavy atom. The highest BCUT2D eigenvalue weighted by Crippen LogP contribution is 2.17. The maximum atomic E-state index is 10.9. The summed E-state index contributed by atoms with van der Waals surface area (Å²) >= 11 is 0. The van der Waals surface area contributed by atoms with E-state index >= 15 is 0 Å². The number of hydrogen-bond donors (Lipinski definition) is 2. The molecule has 4 heteroatoms. The third kappa shape index (κ3) is 2.96. The Balaban J connectivity index is 2.10. The fourth-order valence-corrected chi connectivity index (χ4v) is 2.10. The number of benzene rings is 1. The van der Waals surface area contributed by atoms with Crippen LogP contribution in [0.4, 0.5) is 5.69 Å². The van der Waals surface area contributed by atoms with Gasteiger partial charge in [0.25, 0.3) is 0 Å². The number of carbonyl (C=O) groups is 1. The molecule has 4 nitrogen and oxygen atoms in total. The summed E-state index contributed by atoms with van der Waals surface area (Å²) in [5, 5.41) is 12.3. The normalized spacial score (nSPS) is 10.4. The second-order valence-electron chi connectivity index (χ2n) is 4.47. The van der Waals surface area contributed by atoms with Crippen molar-refractivity contribution in [3.63, 3.8) is 0 Å². The minimum atomic E-state index is -0.894. The van der Waals surface area contributed by atoms with Gasteiger partial charge in [-0.25, -0.2) is 4.79 Å². The summed E-state index contributed by atoms with van der Waals surface area (Å²) < 4.78 is 2.17. The quantitative estimate of drug-likeness (QED) is 0.866. The zero-order chi connectivity index (χ0) is 13.8. The second kappa shape index (κ2) is 5.61. The molecule has 0 unspecified atom stereocenters. The summed E-state index contributed by atoms with van der Waals surface area (Å²) in [6.07, 6.45) is 2.05. The summed E-state index contributed by atoms with van der Waals surface area (Å²) in [4.78, 5) is 10.9. The molecule has 2 rings (SSSR count). The number of nitrogens with one attached hydrogen (secondary N) is 1. The van der Waals surface area contributed by atoms with Crippen LogP contribution in [0.1, 0.15) is 28.5 Å². The molecule has 0 fully saturated rings. The summed E-state index contributed by atoms with van der Waals surface area (Å²) in [7, 11) is 0. The van der Waals surface area contributed by atoms with Crippen LogP contribution in [-0.2, 0) is 13.1 Å². The van der Waals surface area contributed by atoms with E-state index < -0.39 is 5.97 Å². The van der Waals surface area contributed by atoms with E-state index in [0.29, 0.717) is 5.56 Å². The molecule has 0 saturated heterocycles. The zero-order valence-electron chi connectivity index (χ0n) is 11.2. The molecular formula is C15H18N2O2. The first-order valence-corrected chi connectivity index (χ1v) is 6.33. The lowest BCUT2D eigenvalue weighted by atomic mass is 10.1. The van der Waals surface area contributed by atoms with Crippen LogP contribution in [-0.4, -0.2) is 15.6 Å². The lowest BCUT2D eigenvalue weighted by Gasteiger charge is -2.12. The SMILES string of the molecule is CCn1cccc1CNc1ccc(C(=O)O)cc1C. The molecule has 0 amide bonds. The van der Waals surface area contributed by atoms with Gasteiger partial charge < -0.3 is 15.0 Å². The minimum absolute atomic E-state index is 0.319. The summed E-state index contributed by atoms with van der Waals surface area (Å²) in [6.45, 7) is 5.69. The van der Waals surface area contributed by atoms with Gasteiger partial charge in [-0.05, 0) is 49.7 Å². The number of aryl methyl sites for hydroxylation is 2. The van der Waals surface area contributed by atoms with E-state index in [1.54, 1.807) is 12.1 Å². The number of aromatic nitrogens is 1. The third-order valence-corrected chi connectivity index (χ3v) is 3.20. The van der Waals surface area contributed by atoms with Crippen LogP contribution >= 0.6 is 0 Å². The van der Waals surface area contributed by atoms with Crippen molar-refractivity contribution < 1.29 is 9.90 Å². The highest BCUT2D eigenvalue weighted by molar-refractivity contribution is 5.88. The molecule has 1 aromatic heterocycles. The van der Waals surface area contributed by atoms with E-state index in [4.69, 9.17) is 5.11 Å². The van der Waals surface area contributed by atoms with Crippen LogP contribution < -0.4 is 5.32 Å². The maximum absolute atomic E-state index is 10.9. The Kier molecular flexibility index (Phi) is 3.90. The number of carboxylic acid groups (broad SMARTS) is 1. The molecule has 0 bridgehead atoms. The Bertz CT molecular complexity index is 588. The Morgan fingerprint density at radius 3 is 2.79 bits per heavy atom. The van der Waals surface area contributed by atoms with Crippen molar-refractivity contribution in [2.24, 2.45) is 0 Å². The molecule has 19 heavy (non-hydrogen) atoms. The maximum Gasteiger partial charge on any atom is 0.335 e. The van der Waals surface area contributed by atoms with Gasteiger partial charge in [0.15, 0.2) is 0 Å². The molecule has 2 N–H and O–H groups in total. The Morgan fingerprint density at radius 2 is 2.16 bits per heavy atom. The molecule has 1 heterocycles. The standard InChI is InChI=1S/C15H18N2O2/c1-3-17-8-4-5-13(17)10-16-14-7-6-12(15(18)19)9-11(14)2/h4-9,16H,3,10H2,1-2H3,(H,18,19). The molecule has 0 atom stereocenters. The number of rotatable bonds is 5. The van der Waals surface area contributed by atoms with E-state index in [1.807, 2.05) is 19.1 Å². The van der Waals surface area contributed by atoms with Gasteiger partial charge in [0.1, 0.15) is 0 Å². The van der Waals surface area contributed by atoms with Crippen molar-refractivity contribution in [2.45, 2.75) is 26.9 Å². The Hall–Kier alpha value is -2.23. The van der Waals surface area contributed by atoms with Crippen molar-refractivity contribution >= 4 is 11.7 Å². The van der Waals surface area contributed by atoms with Gasteiger partial charge in [-0.15, -0.1) is 0 Å². The van der Waals surface area contributed by atoms with Crippen molar-refractivity contribution in [1.82, 2.24) is 4.57 Å². The van der Waals surface area contributed by atoms with Crippen molar-refractivity contribution in [3.05, 3.63) is 53.3 Å². The highest BCUT2D eigenvalue weighted by Gasteiger charge is 2.06. The van der Waals surface area contributed by atoms with Gasteiger partial charge in [0.05, 0.1) is 12.1 Å². The lowest BCUT2D eigenvalue weighted by Crippen LogP contribution is -2.07. The van der Waals surface area contributed by atoms with Crippen LogP contribution in [0.2, 0.25) is 0 Å². The minimum Gasteiger partial charge on any atom is -0.478 e. The van der Waals surface area contributed by atoms with E-state index in [2.05, 4.69) is 29.1 Å². The van der Waals surface area contributed by atoms with Crippen molar-refractivity contribution in [3.8, 4) is 0 Å². The first-order valence-electron chi connectivity index (χ1n) is 6.33. The second-order valence-corrected chi connectivity index (χ2v) is 4.47. The molecule has 0 radical (unpaired) electrons. The molecule has 0 saturated carbocycles. The lowest BCUT2D eigenvalue weighted by molar-refractivity contribution is 0.0697. The van der Waals surface area contributed by atoms with Gasteiger partial charge in [0.2, 0.25) is 0 Å². The molecule has 0 spiro atoms. The highest BCUT2D eigenvalue weighted by atomic mass is 16.4. The smallest absolute Gasteiger partial charge is 0.335 e. The summed E-state index contributed by atoms with van der Waals surface area (Å²) in [5.74, 6) is -0.894. The zero-order valence-corrected chi connectivity index (χ0v) is 11.2. The molecule has 0 aliphatic carbocycles. The first-order chi connectivity index (χ1) is 9.11. The van der Waals surface area contributed by atoms with E-state index in [0.717, 1.165) is 24.3 Å². The first kappa shape index (κ1) is 13.2. The summed E-state index contributed by atoms with van der Waals surface area (Å²) in [5.41, 5.74) is 3.44. The van der Waals surface area contributed by atoms with Gasteiger partial charge in [0, 0.05) is 24.1 Å². The van der Waals surface area contributed by atoms with Crippen LogP contribution in [0, 0.1) is 6.92 Å². The predicted octanol–water partition coefficient (Wildman–Crippen LogP) is 3.13. The largest absolute Gasteiger partial charge is 0.478 e. The van der Waals surface area contributed by atoms with Crippen LogP contribution in [0.3, 0.4) is 0 Å². The van der Waals surface area contributed by atoms with E-state index in [1.165, 1.54) is 5.69 Å². The number of carboxylic acids is 1. The summed E-state index contributed by atoms with van der Waals surface area (Å²) in [6, 6.07) is 9.23. The van der Waals surface area contributed by atoms with Crippen LogP contribution in [0.25, 0.3) is 0 Å². The topological polar surface area (TPSA) is 54.3 Å². The molecule has 0 aliphatic rings.